The zero-order valence-corrected chi connectivity index (χ0v) is 13.5. The molecule has 0 atom stereocenters. The second-order valence-corrected chi connectivity index (χ2v) is 5.86. The lowest BCUT2D eigenvalue weighted by molar-refractivity contribution is -0.151. The van der Waals surface area contributed by atoms with E-state index >= 15 is 0 Å². The number of benzene rings is 1. The second kappa shape index (κ2) is 7.76. The average molecular weight is 318 g/mol. The zero-order valence-electron chi connectivity index (χ0n) is 13.5. The van der Waals surface area contributed by atoms with Gasteiger partial charge in [-0.2, -0.15) is 0 Å². The molecule has 0 unspecified atom stereocenters. The molecule has 2 rings (SSSR count). The van der Waals surface area contributed by atoms with E-state index in [1.54, 1.807) is 0 Å². The van der Waals surface area contributed by atoms with E-state index in [-0.39, 0.29) is 31.5 Å². The summed E-state index contributed by atoms with van der Waals surface area (Å²) in [7, 11) is 1.52. The molecule has 0 heterocycles. The van der Waals surface area contributed by atoms with Crippen molar-refractivity contribution in [2.24, 2.45) is 0 Å². The lowest BCUT2D eigenvalue weighted by Gasteiger charge is -2.16. The van der Waals surface area contributed by atoms with Gasteiger partial charge in [-0.15, -0.1) is 0 Å². The van der Waals surface area contributed by atoms with Gasteiger partial charge >= 0.3 is 5.97 Å². The van der Waals surface area contributed by atoms with Crippen LogP contribution < -0.4 is 5.32 Å². The van der Waals surface area contributed by atoms with Crippen molar-refractivity contribution >= 4 is 17.8 Å². The summed E-state index contributed by atoms with van der Waals surface area (Å²) in [4.78, 5) is 36.5. The van der Waals surface area contributed by atoms with Crippen LogP contribution in [0.1, 0.15) is 24.0 Å². The van der Waals surface area contributed by atoms with Crippen LogP contribution in [0, 0.1) is 6.92 Å². The fraction of sp³-hybridized carbons (Fsp3) is 0.471. The molecule has 1 saturated carbocycles. The molecule has 0 radical (unpaired) electrons. The van der Waals surface area contributed by atoms with E-state index in [0.717, 1.165) is 24.0 Å². The molecule has 124 valence electrons. The lowest BCUT2D eigenvalue weighted by atomic mass is 10.1. The Balaban J connectivity index is 1.71. The number of hydrogen-bond donors (Lipinski definition) is 1. The van der Waals surface area contributed by atoms with Crippen LogP contribution >= 0.6 is 0 Å². The maximum Gasteiger partial charge on any atom is 0.310 e. The molecule has 0 aromatic heterocycles. The van der Waals surface area contributed by atoms with E-state index in [1.165, 1.54) is 11.9 Å². The number of nitrogens with zero attached hydrogens (tertiary/aromatic N) is 1. The molecule has 6 heteroatoms. The number of rotatable bonds is 7. The summed E-state index contributed by atoms with van der Waals surface area (Å²) >= 11 is 0. The monoisotopic (exact) mass is 318 g/mol. The molecular formula is C17H22N2O4. The van der Waals surface area contributed by atoms with Gasteiger partial charge in [-0.1, -0.05) is 24.3 Å². The lowest BCUT2D eigenvalue weighted by Crippen LogP contribution is -2.40. The fourth-order valence-electron chi connectivity index (χ4n) is 2.07. The summed E-state index contributed by atoms with van der Waals surface area (Å²) in [6.07, 6.45) is 2.13. The molecule has 0 aliphatic heterocycles. The Morgan fingerprint density at radius 1 is 1.26 bits per heavy atom. The minimum atomic E-state index is -0.455. The summed E-state index contributed by atoms with van der Waals surface area (Å²) in [6, 6.07) is 7.78. The van der Waals surface area contributed by atoms with Gasteiger partial charge in [-0.3, -0.25) is 14.4 Å². The fourth-order valence-corrected chi connectivity index (χ4v) is 2.07. The van der Waals surface area contributed by atoms with Gasteiger partial charge in [0.1, 0.15) is 0 Å². The smallest absolute Gasteiger partial charge is 0.310 e. The van der Waals surface area contributed by atoms with Crippen LogP contribution in [-0.2, 0) is 25.5 Å². The summed E-state index contributed by atoms with van der Waals surface area (Å²) in [5.41, 5.74) is 1.88. The molecule has 6 nitrogen and oxygen atoms in total. The predicted octanol–water partition coefficient (Wildman–Crippen LogP) is 0.818. The summed E-state index contributed by atoms with van der Waals surface area (Å²) in [6.45, 7) is 1.54. The van der Waals surface area contributed by atoms with Crippen LogP contribution in [0.3, 0.4) is 0 Å². The number of likely N-dealkylation sites (N-methyl/N-ethyl adjacent to an activating group) is 1. The Bertz CT molecular complexity index is 596. The van der Waals surface area contributed by atoms with Crippen LogP contribution in [0.5, 0.6) is 0 Å². The SMILES string of the molecule is Cc1ccccc1CC(=O)OCC(=O)N(C)CC(=O)NC1CC1. The zero-order chi connectivity index (χ0) is 16.8. The highest BCUT2D eigenvalue weighted by atomic mass is 16.5. The van der Waals surface area contributed by atoms with Gasteiger partial charge in [0.15, 0.2) is 6.61 Å². The molecule has 1 aromatic carbocycles. The van der Waals surface area contributed by atoms with Crippen LogP contribution in [0.4, 0.5) is 0 Å². The van der Waals surface area contributed by atoms with Gasteiger partial charge in [0, 0.05) is 13.1 Å². The van der Waals surface area contributed by atoms with Gasteiger partial charge in [-0.05, 0) is 30.9 Å². The number of nitrogens with one attached hydrogen (secondary N) is 1. The number of ether oxygens (including phenoxy) is 1. The standard InChI is InChI=1S/C17H22N2O4/c1-12-5-3-4-6-13(12)9-17(22)23-11-16(21)19(2)10-15(20)18-14-7-8-14/h3-6,14H,7-11H2,1-2H3,(H,18,20). The number of amides is 2. The highest BCUT2D eigenvalue weighted by molar-refractivity contribution is 5.86. The van der Waals surface area contributed by atoms with Gasteiger partial charge in [0.05, 0.1) is 13.0 Å². The molecule has 1 fully saturated rings. The van der Waals surface area contributed by atoms with Crippen molar-refractivity contribution in [3.05, 3.63) is 35.4 Å². The maximum atomic E-state index is 11.9. The van der Waals surface area contributed by atoms with Crippen LogP contribution in [0.25, 0.3) is 0 Å². The Kier molecular flexibility index (Phi) is 5.73. The summed E-state index contributed by atoms with van der Waals surface area (Å²) in [5, 5.41) is 2.80. The van der Waals surface area contributed by atoms with Crippen molar-refractivity contribution in [1.82, 2.24) is 10.2 Å². The molecule has 0 spiro atoms. The van der Waals surface area contributed by atoms with Crippen molar-refractivity contribution in [1.29, 1.82) is 0 Å². The van der Waals surface area contributed by atoms with E-state index in [4.69, 9.17) is 4.74 Å². The van der Waals surface area contributed by atoms with Crippen LogP contribution in [0.2, 0.25) is 0 Å². The topological polar surface area (TPSA) is 75.7 Å². The molecule has 0 bridgehead atoms. The number of hydrogen-bond acceptors (Lipinski definition) is 4. The Hall–Kier alpha value is -2.37. The highest BCUT2D eigenvalue weighted by Crippen LogP contribution is 2.18. The first-order chi connectivity index (χ1) is 11.0. The largest absolute Gasteiger partial charge is 0.455 e. The molecule has 2 amide bonds. The first-order valence-corrected chi connectivity index (χ1v) is 7.69. The van der Waals surface area contributed by atoms with Crippen molar-refractivity contribution < 1.29 is 19.1 Å². The number of aryl methyl sites for hydroxylation is 1. The first-order valence-electron chi connectivity index (χ1n) is 7.69. The molecule has 1 aliphatic rings. The van der Waals surface area contributed by atoms with Gasteiger partial charge < -0.3 is 15.0 Å². The molecule has 1 aromatic rings. The van der Waals surface area contributed by atoms with E-state index < -0.39 is 11.9 Å². The van der Waals surface area contributed by atoms with Crippen molar-refractivity contribution in [3.8, 4) is 0 Å². The summed E-state index contributed by atoms with van der Waals surface area (Å²) in [5.74, 6) is -1.04. The van der Waals surface area contributed by atoms with Crippen LogP contribution in [-0.4, -0.2) is 48.9 Å². The van der Waals surface area contributed by atoms with E-state index in [2.05, 4.69) is 5.32 Å². The van der Waals surface area contributed by atoms with Crippen molar-refractivity contribution in [2.75, 3.05) is 20.2 Å². The third-order valence-electron chi connectivity index (χ3n) is 3.70. The quantitative estimate of drug-likeness (QED) is 0.755. The molecule has 0 saturated heterocycles. The number of carbonyl (C=O) groups excluding carboxylic acids is 3. The van der Waals surface area contributed by atoms with E-state index in [0.29, 0.717) is 0 Å². The summed E-state index contributed by atoms with van der Waals surface area (Å²) < 4.78 is 5.00. The molecular weight excluding hydrogens is 296 g/mol. The Morgan fingerprint density at radius 2 is 1.96 bits per heavy atom. The maximum absolute atomic E-state index is 11.9. The van der Waals surface area contributed by atoms with Crippen LogP contribution in [0.15, 0.2) is 24.3 Å². The molecule has 1 aliphatic carbocycles. The molecule has 23 heavy (non-hydrogen) atoms. The van der Waals surface area contributed by atoms with E-state index in [1.807, 2.05) is 31.2 Å². The Labute approximate surface area is 135 Å². The van der Waals surface area contributed by atoms with Gasteiger partial charge in [-0.25, -0.2) is 0 Å². The minimum absolute atomic E-state index is 0.0231. The highest BCUT2D eigenvalue weighted by Gasteiger charge is 2.24. The van der Waals surface area contributed by atoms with Gasteiger partial charge in [0.25, 0.3) is 5.91 Å². The Morgan fingerprint density at radius 3 is 2.61 bits per heavy atom. The van der Waals surface area contributed by atoms with Crippen molar-refractivity contribution in [2.45, 2.75) is 32.2 Å². The first kappa shape index (κ1) is 17.0. The normalized spacial score (nSPS) is 13.3. The third kappa shape index (κ3) is 5.73. The minimum Gasteiger partial charge on any atom is -0.455 e. The predicted molar refractivity (Wildman–Crippen MR) is 84.6 cm³/mol. The van der Waals surface area contributed by atoms with Gasteiger partial charge in [0.2, 0.25) is 5.91 Å². The third-order valence-corrected chi connectivity index (χ3v) is 3.70. The average Bonchev–Trinajstić information content (AvgIpc) is 3.30. The second-order valence-electron chi connectivity index (χ2n) is 5.86. The number of carbonyl (C=O) groups is 3. The van der Waals surface area contributed by atoms with Crippen molar-refractivity contribution in [3.63, 3.8) is 0 Å². The molecule has 1 N–H and O–H groups in total. The van der Waals surface area contributed by atoms with E-state index in [9.17, 15) is 14.4 Å². The number of esters is 1.